The molecule has 0 aliphatic heterocycles. The third-order valence-electron chi connectivity index (χ3n) is 1.46. The highest BCUT2D eigenvalue weighted by Crippen LogP contribution is 2.19. The van der Waals surface area contributed by atoms with Gasteiger partial charge in [-0.3, -0.25) is 4.79 Å². The van der Waals surface area contributed by atoms with Crippen LogP contribution in [0.4, 0.5) is 4.39 Å². The number of benzene rings is 1. The first-order valence-corrected chi connectivity index (χ1v) is 4.15. The van der Waals surface area contributed by atoms with Gasteiger partial charge in [0.25, 0.3) is 5.24 Å². The van der Waals surface area contributed by atoms with Crippen molar-refractivity contribution >= 4 is 16.8 Å². The summed E-state index contributed by atoms with van der Waals surface area (Å²) in [4.78, 5) is 10.6. The minimum absolute atomic E-state index is 0.127. The summed E-state index contributed by atoms with van der Waals surface area (Å²) in [5.41, 5.74) is 0.127. The average Bonchev–Trinajstić information content (AvgIpc) is 2.08. The predicted octanol–water partition coefficient (Wildman–Crippen LogP) is 2.60. The third-order valence-corrected chi connectivity index (χ3v) is 1.68. The molecular formula is C9H8ClFO2. The lowest BCUT2D eigenvalue weighted by molar-refractivity contribution is 0.108. The van der Waals surface area contributed by atoms with E-state index in [1.807, 2.05) is 0 Å². The molecule has 0 bridgehead atoms. The van der Waals surface area contributed by atoms with Crippen LogP contribution in [0.1, 0.15) is 17.3 Å². The zero-order valence-electron chi connectivity index (χ0n) is 7.01. The summed E-state index contributed by atoms with van der Waals surface area (Å²) in [5, 5.41) is -0.679. The summed E-state index contributed by atoms with van der Waals surface area (Å²) in [6.07, 6.45) is 0. The molecule has 0 aliphatic carbocycles. The Labute approximate surface area is 80.3 Å². The van der Waals surface area contributed by atoms with Gasteiger partial charge >= 0.3 is 0 Å². The lowest BCUT2D eigenvalue weighted by atomic mass is 10.2. The number of ether oxygens (including phenoxy) is 1. The van der Waals surface area contributed by atoms with Gasteiger partial charge in [0.15, 0.2) is 11.6 Å². The molecule has 2 nitrogen and oxygen atoms in total. The fraction of sp³-hybridized carbons (Fsp3) is 0.222. The zero-order chi connectivity index (χ0) is 9.84. The predicted molar refractivity (Wildman–Crippen MR) is 47.8 cm³/mol. The van der Waals surface area contributed by atoms with E-state index in [2.05, 4.69) is 0 Å². The van der Waals surface area contributed by atoms with Crippen LogP contribution in [0.25, 0.3) is 0 Å². The van der Waals surface area contributed by atoms with Gasteiger partial charge in [0.05, 0.1) is 6.61 Å². The summed E-state index contributed by atoms with van der Waals surface area (Å²) in [5.74, 6) is -0.447. The van der Waals surface area contributed by atoms with Gasteiger partial charge in [-0.25, -0.2) is 4.39 Å². The van der Waals surface area contributed by atoms with E-state index in [1.165, 1.54) is 12.1 Å². The van der Waals surface area contributed by atoms with E-state index in [9.17, 15) is 9.18 Å². The van der Waals surface area contributed by atoms with E-state index in [1.54, 1.807) is 6.92 Å². The highest BCUT2D eigenvalue weighted by molar-refractivity contribution is 6.67. The molecule has 0 atom stereocenters. The van der Waals surface area contributed by atoms with Gasteiger partial charge in [0.1, 0.15) is 0 Å². The molecule has 0 saturated heterocycles. The summed E-state index contributed by atoms with van der Waals surface area (Å²) < 4.78 is 18.0. The van der Waals surface area contributed by atoms with Crippen molar-refractivity contribution in [3.63, 3.8) is 0 Å². The van der Waals surface area contributed by atoms with E-state index in [0.717, 1.165) is 6.07 Å². The van der Waals surface area contributed by atoms with Gasteiger partial charge in [-0.05, 0) is 36.7 Å². The number of hydrogen-bond acceptors (Lipinski definition) is 2. The maximum atomic E-state index is 13.1. The Morgan fingerprint density at radius 3 is 2.77 bits per heavy atom. The molecule has 1 aromatic carbocycles. The number of carbonyl (C=O) groups is 1. The van der Waals surface area contributed by atoms with Gasteiger partial charge in [0, 0.05) is 5.56 Å². The molecule has 13 heavy (non-hydrogen) atoms. The molecule has 1 aromatic rings. The summed E-state index contributed by atoms with van der Waals surface area (Å²) in [7, 11) is 0. The van der Waals surface area contributed by atoms with E-state index >= 15 is 0 Å². The Balaban J connectivity index is 2.98. The molecule has 0 fully saturated rings. The summed E-state index contributed by atoms with van der Waals surface area (Å²) in [6.45, 7) is 2.13. The average molecular weight is 203 g/mol. The fourth-order valence-corrected chi connectivity index (χ4v) is 1.01. The minimum Gasteiger partial charge on any atom is -0.491 e. The summed E-state index contributed by atoms with van der Waals surface area (Å²) in [6, 6.07) is 3.86. The Kier molecular flexibility index (Phi) is 3.25. The van der Waals surface area contributed by atoms with Crippen LogP contribution < -0.4 is 4.74 Å². The van der Waals surface area contributed by atoms with E-state index < -0.39 is 11.1 Å². The van der Waals surface area contributed by atoms with Crippen molar-refractivity contribution in [2.45, 2.75) is 6.92 Å². The molecule has 0 spiro atoms. The van der Waals surface area contributed by atoms with Crippen molar-refractivity contribution in [2.24, 2.45) is 0 Å². The second-order valence-electron chi connectivity index (χ2n) is 2.35. The van der Waals surface area contributed by atoms with Gasteiger partial charge in [0.2, 0.25) is 0 Å². The first-order valence-electron chi connectivity index (χ1n) is 3.77. The first kappa shape index (κ1) is 9.99. The normalized spacial score (nSPS) is 9.77. The lowest BCUT2D eigenvalue weighted by Gasteiger charge is -2.04. The second kappa shape index (κ2) is 4.23. The Morgan fingerprint density at radius 2 is 2.31 bits per heavy atom. The standard InChI is InChI=1S/C9H8ClFO2/c1-2-13-8-4-3-6(9(10)12)5-7(8)11/h3-5H,2H2,1H3. The number of halogens is 2. The van der Waals surface area contributed by atoms with Crippen LogP contribution in [0.2, 0.25) is 0 Å². The third kappa shape index (κ3) is 2.42. The monoisotopic (exact) mass is 202 g/mol. The highest BCUT2D eigenvalue weighted by Gasteiger charge is 2.07. The van der Waals surface area contributed by atoms with Gasteiger partial charge in [-0.2, -0.15) is 0 Å². The van der Waals surface area contributed by atoms with Gasteiger partial charge < -0.3 is 4.74 Å². The molecule has 0 saturated carbocycles. The molecule has 0 heterocycles. The van der Waals surface area contributed by atoms with Crippen LogP contribution >= 0.6 is 11.6 Å². The quantitative estimate of drug-likeness (QED) is 0.705. The van der Waals surface area contributed by atoms with Crippen LogP contribution in [0, 0.1) is 5.82 Å². The molecule has 70 valence electrons. The van der Waals surface area contributed by atoms with Gasteiger partial charge in [-0.15, -0.1) is 0 Å². The highest BCUT2D eigenvalue weighted by atomic mass is 35.5. The largest absolute Gasteiger partial charge is 0.491 e. The molecule has 0 amide bonds. The fourth-order valence-electron chi connectivity index (χ4n) is 0.896. The van der Waals surface area contributed by atoms with Crippen LogP contribution in [-0.4, -0.2) is 11.8 Å². The Bertz CT molecular complexity index is 325. The molecule has 1 rings (SSSR count). The molecule has 0 aliphatic rings. The molecule has 0 radical (unpaired) electrons. The van der Waals surface area contributed by atoms with Crippen molar-refractivity contribution in [3.8, 4) is 5.75 Å². The molecule has 0 aromatic heterocycles. The van der Waals surface area contributed by atoms with Crippen molar-refractivity contribution in [3.05, 3.63) is 29.6 Å². The first-order chi connectivity index (χ1) is 6.15. The maximum Gasteiger partial charge on any atom is 0.252 e. The van der Waals surface area contributed by atoms with Crippen LogP contribution in [-0.2, 0) is 0 Å². The zero-order valence-corrected chi connectivity index (χ0v) is 7.77. The SMILES string of the molecule is CCOc1ccc(C(=O)Cl)cc1F. The van der Waals surface area contributed by atoms with Crippen molar-refractivity contribution in [1.82, 2.24) is 0 Å². The smallest absolute Gasteiger partial charge is 0.252 e. The molecule has 0 N–H and O–H groups in total. The molecular weight excluding hydrogens is 195 g/mol. The van der Waals surface area contributed by atoms with Crippen molar-refractivity contribution in [1.29, 1.82) is 0 Å². The van der Waals surface area contributed by atoms with Crippen LogP contribution in [0.5, 0.6) is 5.75 Å². The summed E-state index contributed by atoms with van der Waals surface area (Å²) >= 11 is 5.16. The van der Waals surface area contributed by atoms with Crippen LogP contribution in [0.3, 0.4) is 0 Å². The number of rotatable bonds is 3. The Hall–Kier alpha value is -1.09. The Morgan fingerprint density at radius 1 is 1.62 bits per heavy atom. The minimum atomic E-state index is -0.679. The van der Waals surface area contributed by atoms with Gasteiger partial charge in [-0.1, -0.05) is 0 Å². The second-order valence-corrected chi connectivity index (χ2v) is 2.70. The van der Waals surface area contributed by atoms with E-state index in [4.69, 9.17) is 16.3 Å². The van der Waals surface area contributed by atoms with Crippen LogP contribution in [0.15, 0.2) is 18.2 Å². The van der Waals surface area contributed by atoms with Crippen molar-refractivity contribution in [2.75, 3.05) is 6.61 Å². The van der Waals surface area contributed by atoms with E-state index in [0.29, 0.717) is 6.61 Å². The maximum absolute atomic E-state index is 13.1. The number of hydrogen-bond donors (Lipinski definition) is 0. The van der Waals surface area contributed by atoms with Crippen molar-refractivity contribution < 1.29 is 13.9 Å². The topological polar surface area (TPSA) is 26.3 Å². The lowest BCUT2D eigenvalue weighted by Crippen LogP contribution is -1.96. The molecule has 0 unspecified atom stereocenters. The molecule has 4 heteroatoms. The van der Waals surface area contributed by atoms with E-state index in [-0.39, 0.29) is 11.3 Å². The number of carbonyl (C=O) groups excluding carboxylic acids is 1.